The largest absolute Gasteiger partial charge is 0.316 e. The maximum absolute atomic E-state index is 3.57. The molecule has 0 bridgehead atoms. The molecule has 100 valence electrons. The van der Waals surface area contributed by atoms with E-state index >= 15 is 0 Å². The summed E-state index contributed by atoms with van der Waals surface area (Å²) in [7, 11) is 0. The van der Waals surface area contributed by atoms with Crippen LogP contribution in [-0.4, -0.2) is 19.6 Å². The molecule has 3 rings (SSSR count). The Bertz CT molecular complexity index is 530. The van der Waals surface area contributed by atoms with E-state index in [0.29, 0.717) is 0 Å². The van der Waals surface area contributed by atoms with Crippen LogP contribution in [0, 0.1) is 5.92 Å². The van der Waals surface area contributed by atoms with Crippen LogP contribution in [0.3, 0.4) is 0 Å². The Labute approximate surface area is 115 Å². The van der Waals surface area contributed by atoms with Gasteiger partial charge in [-0.05, 0) is 60.8 Å². The fourth-order valence-electron chi connectivity index (χ4n) is 2.85. The molecule has 2 aromatic carbocycles. The van der Waals surface area contributed by atoms with E-state index in [4.69, 9.17) is 0 Å². The van der Waals surface area contributed by atoms with Crippen LogP contribution >= 0.6 is 0 Å². The molecule has 0 radical (unpaired) electrons. The summed E-state index contributed by atoms with van der Waals surface area (Å²) in [4.78, 5) is 0. The van der Waals surface area contributed by atoms with Crippen LogP contribution in [0.5, 0.6) is 0 Å². The summed E-state index contributed by atoms with van der Waals surface area (Å²) < 4.78 is 0. The molecule has 0 amide bonds. The second-order valence-electron chi connectivity index (χ2n) is 5.51. The van der Waals surface area contributed by atoms with Crippen molar-refractivity contribution in [2.45, 2.75) is 19.4 Å². The average Bonchev–Trinajstić information content (AvgIpc) is 2.97. The lowest BCUT2D eigenvalue weighted by Crippen LogP contribution is -2.19. The van der Waals surface area contributed by atoms with Gasteiger partial charge in [0.05, 0.1) is 0 Å². The molecule has 2 N–H and O–H groups in total. The third-order valence-electron chi connectivity index (χ3n) is 4.03. The Kier molecular flexibility index (Phi) is 4.11. The van der Waals surface area contributed by atoms with Gasteiger partial charge in [0.2, 0.25) is 0 Å². The van der Waals surface area contributed by atoms with Crippen molar-refractivity contribution in [1.29, 1.82) is 0 Å². The first-order valence-corrected chi connectivity index (χ1v) is 7.31. The van der Waals surface area contributed by atoms with E-state index in [1.54, 1.807) is 0 Å². The molecule has 1 aliphatic rings. The highest BCUT2D eigenvalue weighted by Gasteiger charge is 2.13. The second kappa shape index (κ2) is 6.18. The highest BCUT2D eigenvalue weighted by Crippen LogP contribution is 2.15. The third kappa shape index (κ3) is 3.34. The van der Waals surface area contributed by atoms with Crippen molar-refractivity contribution < 1.29 is 0 Å². The zero-order valence-electron chi connectivity index (χ0n) is 11.4. The molecule has 1 atom stereocenters. The average molecular weight is 254 g/mol. The van der Waals surface area contributed by atoms with Crippen LogP contribution < -0.4 is 10.6 Å². The van der Waals surface area contributed by atoms with Gasteiger partial charge in [0.25, 0.3) is 0 Å². The molecular formula is C17H22N2. The summed E-state index contributed by atoms with van der Waals surface area (Å²) in [5, 5.41) is 9.65. The maximum Gasteiger partial charge on any atom is 0.0205 e. The lowest BCUT2D eigenvalue weighted by atomic mass is 10.0. The van der Waals surface area contributed by atoms with Crippen molar-refractivity contribution in [2.24, 2.45) is 5.92 Å². The molecule has 2 heteroatoms. The SMILES string of the molecule is c1ccc2cc(CNCCC3CCNC3)ccc2c1. The minimum atomic E-state index is 0.879. The Balaban J connectivity index is 1.50. The fourth-order valence-corrected chi connectivity index (χ4v) is 2.85. The van der Waals surface area contributed by atoms with Crippen molar-refractivity contribution in [1.82, 2.24) is 10.6 Å². The van der Waals surface area contributed by atoms with Gasteiger partial charge in [-0.2, -0.15) is 0 Å². The minimum absolute atomic E-state index is 0.879. The molecule has 2 aromatic rings. The van der Waals surface area contributed by atoms with E-state index in [9.17, 15) is 0 Å². The summed E-state index contributed by atoms with van der Waals surface area (Å²) in [5.74, 6) is 0.879. The molecule has 1 aliphatic heterocycles. The van der Waals surface area contributed by atoms with Crippen LogP contribution in [0.2, 0.25) is 0 Å². The lowest BCUT2D eigenvalue weighted by molar-refractivity contribution is 0.500. The van der Waals surface area contributed by atoms with Gasteiger partial charge in [0, 0.05) is 6.54 Å². The van der Waals surface area contributed by atoms with Crippen molar-refractivity contribution in [3.05, 3.63) is 48.0 Å². The third-order valence-corrected chi connectivity index (χ3v) is 4.03. The lowest BCUT2D eigenvalue weighted by Gasteiger charge is -2.09. The van der Waals surface area contributed by atoms with Gasteiger partial charge in [-0.1, -0.05) is 36.4 Å². The fraction of sp³-hybridized carbons (Fsp3) is 0.412. The second-order valence-corrected chi connectivity index (χ2v) is 5.51. The monoisotopic (exact) mass is 254 g/mol. The Morgan fingerprint density at radius 2 is 2.00 bits per heavy atom. The van der Waals surface area contributed by atoms with Gasteiger partial charge in [-0.25, -0.2) is 0 Å². The Hall–Kier alpha value is -1.38. The standard InChI is InChI=1S/C17H22N2/c1-2-4-17-11-15(5-6-16(17)3-1)13-19-10-8-14-7-9-18-12-14/h1-6,11,14,18-19H,7-10,12-13H2. The molecule has 1 fully saturated rings. The molecular weight excluding hydrogens is 232 g/mol. The van der Waals surface area contributed by atoms with Crippen molar-refractivity contribution in [3.63, 3.8) is 0 Å². The molecule has 1 unspecified atom stereocenters. The van der Waals surface area contributed by atoms with Gasteiger partial charge in [0.15, 0.2) is 0 Å². The van der Waals surface area contributed by atoms with E-state index in [0.717, 1.165) is 19.0 Å². The number of rotatable bonds is 5. The number of hydrogen-bond acceptors (Lipinski definition) is 2. The van der Waals surface area contributed by atoms with E-state index in [1.165, 1.54) is 42.3 Å². The molecule has 0 aliphatic carbocycles. The number of benzene rings is 2. The smallest absolute Gasteiger partial charge is 0.0205 e. The first kappa shape index (κ1) is 12.6. The summed E-state index contributed by atoms with van der Waals surface area (Å²) in [6, 6.07) is 15.3. The highest BCUT2D eigenvalue weighted by molar-refractivity contribution is 5.82. The van der Waals surface area contributed by atoms with Gasteiger partial charge >= 0.3 is 0 Å². The normalized spacial score (nSPS) is 19.1. The van der Waals surface area contributed by atoms with E-state index < -0.39 is 0 Å². The van der Waals surface area contributed by atoms with Gasteiger partial charge < -0.3 is 10.6 Å². The summed E-state index contributed by atoms with van der Waals surface area (Å²) in [5.41, 5.74) is 1.38. The number of nitrogens with one attached hydrogen (secondary N) is 2. The Morgan fingerprint density at radius 1 is 1.11 bits per heavy atom. The van der Waals surface area contributed by atoms with Crippen molar-refractivity contribution in [2.75, 3.05) is 19.6 Å². The van der Waals surface area contributed by atoms with Gasteiger partial charge in [-0.3, -0.25) is 0 Å². The highest BCUT2D eigenvalue weighted by atomic mass is 14.9. The van der Waals surface area contributed by atoms with Crippen molar-refractivity contribution in [3.8, 4) is 0 Å². The molecule has 2 nitrogen and oxygen atoms in total. The maximum atomic E-state index is 3.57. The zero-order chi connectivity index (χ0) is 12.9. The Morgan fingerprint density at radius 3 is 2.84 bits per heavy atom. The predicted molar refractivity (Wildman–Crippen MR) is 81.2 cm³/mol. The topological polar surface area (TPSA) is 24.1 Å². The van der Waals surface area contributed by atoms with E-state index in [-0.39, 0.29) is 0 Å². The van der Waals surface area contributed by atoms with Gasteiger partial charge in [-0.15, -0.1) is 0 Å². The predicted octanol–water partition coefficient (Wildman–Crippen LogP) is 2.93. The van der Waals surface area contributed by atoms with Gasteiger partial charge in [0.1, 0.15) is 0 Å². The molecule has 0 spiro atoms. The molecule has 1 saturated heterocycles. The van der Waals surface area contributed by atoms with Crippen LogP contribution in [0.4, 0.5) is 0 Å². The van der Waals surface area contributed by atoms with E-state index in [2.05, 4.69) is 53.1 Å². The molecule has 19 heavy (non-hydrogen) atoms. The summed E-state index contributed by atoms with van der Waals surface area (Å²) in [6.45, 7) is 4.51. The molecule has 0 saturated carbocycles. The number of hydrogen-bond donors (Lipinski definition) is 2. The van der Waals surface area contributed by atoms with Crippen LogP contribution in [0.1, 0.15) is 18.4 Å². The van der Waals surface area contributed by atoms with Crippen LogP contribution in [0.25, 0.3) is 10.8 Å². The summed E-state index contributed by atoms with van der Waals surface area (Å²) >= 11 is 0. The molecule has 1 heterocycles. The zero-order valence-corrected chi connectivity index (χ0v) is 11.4. The number of fused-ring (bicyclic) bond motifs is 1. The first-order chi connectivity index (χ1) is 9.42. The van der Waals surface area contributed by atoms with Crippen LogP contribution in [0.15, 0.2) is 42.5 Å². The minimum Gasteiger partial charge on any atom is -0.316 e. The molecule has 0 aromatic heterocycles. The van der Waals surface area contributed by atoms with Crippen molar-refractivity contribution >= 4 is 10.8 Å². The first-order valence-electron chi connectivity index (χ1n) is 7.31. The van der Waals surface area contributed by atoms with E-state index in [1.807, 2.05) is 0 Å². The summed E-state index contributed by atoms with van der Waals surface area (Å²) in [6.07, 6.45) is 2.64. The van der Waals surface area contributed by atoms with Crippen LogP contribution in [-0.2, 0) is 6.54 Å². The quantitative estimate of drug-likeness (QED) is 0.802.